The highest BCUT2D eigenvalue weighted by Crippen LogP contribution is 2.27. The van der Waals surface area contributed by atoms with Gasteiger partial charge in [0.15, 0.2) is 0 Å². The average Bonchev–Trinajstić information content (AvgIpc) is 2.84. The van der Waals surface area contributed by atoms with Crippen molar-refractivity contribution in [2.45, 2.75) is 20.3 Å². The summed E-state index contributed by atoms with van der Waals surface area (Å²) in [6, 6.07) is 24.0. The van der Waals surface area contributed by atoms with Crippen LogP contribution in [0.4, 0.5) is 0 Å². The molecule has 0 fully saturated rings. The number of esters is 2. The van der Waals surface area contributed by atoms with Crippen LogP contribution in [0.25, 0.3) is 28.3 Å². The minimum atomic E-state index is -0.428. The molecule has 4 nitrogen and oxygen atoms in total. The Balaban J connectivity index is 1.57. The Morgan fingerprint density at radius 1 is 0.706 bits per heavy atom. The Hall–Kier alpha value is -4.18. The standard InChI is InChI=1S/C30H28O4/c1-21(2)29(31)33-20-6-5-7-23-8-10-24(11-9-23)25-12-14-26(15-13-25)27-16-18-28(19-17-27)34-30(32)22(3)4/h5,7-19H,1,3,6,20H2,2,4H3/b7-5+. The van der Waals surface area contributed by atoms with E-state index >= 15 is 0 Å². The molecule has 0 unspecified atom stereocenters. The lowest BCUT2D eigenvalue weighted by molar-refractivity contribution is -0.138. The first-order valence-electron chi connectivity index (χ1n) is 11.0. The largest absolute Gasteiger partial charge is 0.462 e. The molecule has 0 aliphatic carbocycles. The molecule has 0 aromatic heterocycles. The molecule has 3 aromatic carbocycles. The van der Waals surface area contributed by atoms with E-state index in [2.05, 4.69) is 61.7 Å². The van der Waals surface area contributed by atoms with Gasteiger partial charge in [0.25, 0.3) is 0 Å². The summed E-state index contributed by atoms with van der Waals surface area (Å²) in [5, 5.41) is 0. The van der Waals surface area contributed by atoms with Crippen LogP contribution in [0.1, 0.15) is 25.8 Å². The van der Waals surface area contributed by atoms with Gasteiger partial charge in [0.1, 0.15) is 5.75 Å². The molecule has 0 amide bonds. The first-order chi connectivity index (χ1) is 16.3. The summed E-state index contributed by atoms with van der Waals surface area (Å²) in [7, 11) is 0. The average molecular weight is 453 g/mol. The first kappa shape index (κ1) is 24.5. The van der Waals surface area contributed by atoms with Crippen LogP contribution in [0.5, 0.6) is 5.75 Å². The molecule has 0 atom stereocenters. The van der Waals surface area contributed by atoms with Gasteiger partial charge in [-0.15, -0.1) is 0 Å². The second-order valence-corrected chi connectivity index (χ2v) is 8.00. The Morgan fingerprint density at radius 3 is 1.62 bits per heavy atom. The van der Waals surface area contributed by atoms with Gasteiger partial charge in [0.2, 0.25) is 0 Å². The molecule has 3 aromatic rings. The molecule has 0 heterocycles. The number of ether oxygens (including phenoxy) is 2. The summed E-state index contributed by atoms with van der Waals surface area (Å²) < 4.78 is 10.3. The zero-order valence-corrected chi connectivity index (χ0v) is 19.5. The van der Waals surface area contributed by atoms with Gasteiger partial charge >= 0.3 is 11.9 Å². The molecule has 34 heavy (non-hydrogen) atoms. The molecule has 0 radical (unpaired) electrons. The second-order valence-electron chi connectivity index (χ2n) is 8.00. The van der Waals surface area contributed by atoms with Gasteiger partial charge in [-0.25, -0.2) is 9.59 Å². The van der Waals surface area contributed by atoms with Crippen molar-refractivity contribution in [1.29, 1.82) is 0 Å². The maximum absolute atomic E-state index is 11.6. The number of carbonyl (C=O) groups is 2. The fraction of sp³-hybridized carbons (Fsp3) is 0.133. The third-order valence-electron chi connectivity index (χ3n) is 5.05. The summed E-state index contributed by atoms with van der Waals surface area (Å²) in [6.45, 7) is 10.7. The van der Waals surface area contributed by atoms with Crippen molar-refractivity contribution >= 4 is 18.0 Å². The molecular weight excluding hydrogens is 424 g/mol. The molecule has 4 heteroatoms. The van der Waals surface area contributed by atoms with Gasteiger partial charge in [-0.2, -0.15) is 0 Å². The zero-order valence-electron chi connectivity index (χ0n) is 19.5. The van der Waals surface area contributed by atoms with Gasteiger partial charge in [-0.3, -0.25) is 0 Å². The molecule has 0 N–H and O–H groups in total. The molecule has 0 bridgehead atoms. The van der Waals surface area contributed by atoms with Crippen molar-refractivity contribution in [3.8, 4) is 28.0 Å². The van der Waals surface area contributed by atoms with Gasteiger partial charge in [0.05, 0.1) is 6.61 Å². The van der Waals surface area contributed by atoms with E-state index in [0.29, 0.717) is 29.9 Å². The quantitative estimate of drug-likeness (QED) is 0.151. The summed E-state index contributed by atoms with van der Waals surface area (Å²) in [6.07, 6.45) is 4.65. The van der Waals surface area contributed by atoms with Crippen LogP contribution in [-0.2, 0) is 14.3 Å². The van der Waals surface area contributed by atoms with E-state index in [-0.39, 0.29) is 5.97 Å². The summed E-state index contributed by atoms with van der Waals surface area (Å²) >= 11 is 0. The number of carbonyl (C=O) groups excluding carboxylic acids is 2. The number of benzene rings is 3. The van der Waals surface area contributed by atoms with E-state index < -0.39 is 5.97 Å². The first-order valence-corrected chi connectivity index (χ1v) is 11.0. The fourth-order valence-electron chi connectivity index (χ4n) is 3.11. The Bertz CT molecular complexity index is 1200. The van der Waals surface area contributed by atoms with Crippen LogP contribution in [0.3, 0.4) is 0 Å². The van der Waals surface area contributed by atoms with Crippen molar-refractivity contribution in [3.63, 3.8) is 0 Å². The highest BCUT2D eigenvalue weighted by molar-refractivity contribution is 5.89. The summed E-state index contributed by atoms with van der Waals surface area (Å²) in [5.74, 6) is -0.289. The zero-order chi connectivity index (χ0) is 24.5. The highest BCUT2D eigenvalue weighted by atomic mass is 16.5. The smallest absolute Gasteiger partial charge is 0.338 e. The maximum Gasteiger partial charge on any atom is 0.338 e. The van der Waals surface area contributed by atoms with E-state index in [0.717, 1.165) is 27.8 Å². The molecule has 0 aliphatic heterocycles. The highest BCUT2D eigenvalue weighted by Gasteiger charge is 2.06. The minimum absolute atomic E-state index is 0.342. The maximum atomic E-state index is 11.6. The topological polar surface area (TPSA) is 52.6 Å². The van der Waals surface area contributed by atoms with E-state index in [9.17, 15) is 9.59 Å². The summed E-state index contributed by atoms with van der Waals surface area (Å²) in [5.41, 5.74) is 6.22. The molecule has 0 spiro atoms. The number of hydrogen-bond acceptors (Lipinski definition) is 4. The van der Waals surface area contributed by atoms with E-state index in [1.165, 1.54) is 0 Å². The van der Waals surface area contributed by atoms with E-state index in [1.54, 1.807) is 26.0 Å². The number of rotatable bonds is 9. The Kier molecular flexibility index (Phi) is 8.36. The van der Waals surface area contributed by atoms with Crippen LogP contribution in [0, 0.1) is 0 Å². The van der Waals surface area contributed by atoms with Crippen LogP contribution < -0.4 is 4.74 Å². The molecule has 3 rings (SSSR count). The molecule has 0 saturated heterocycles. The van der Waals surface area contributed by atoms with Crippen molar-refractivity contribution < 1.29 is 19.1 Å². The Labute approximate surface area is 200 Å². The Morgan fingerprint density at radius 2 is 1.15 bits per heavy atom. The van der Waals surface area contributed by atoms with Crippen LogP contribution in [0.2, 0.25) is 0 Å². The predicted molar refractivity (Wildman–Crippen MR) is 137 cm³/mol. The van der Waals surface area contributed by atoms with E-state index in [1.807, 2.05) is 24.3 Å². The monoisotopic (exact) mass is 452 g/mol. The SMILES string of the molecule is C=C(C)C(=O)OCC/C=C/c1ccc(-c2ccc(-c3ccc(OC(=O)C(=C)C)cc3)cc2)cc1. The third kappa shape index (κ3) is 6.91. The summed E-state index contributed by atoms with van der Waals surface area (Å²) in [4.78, 5) is 23.0. The molecular formula is C30H28O4. The molecule has 0 aliphatic rings. The van der Waals surface area contributed by atoms with Gasteiger partial charge < -0.3 is 9.47 Å². The lowest BCUT2D eigenvalue weighted by atomic mass is 9.99. The molecule has 0 saturated carbocycles. The normalized spacial score (nSPS) is 10.6. The molecule has 172 valence electrons. The van der Waals surface area contributed by atoms with Gasteiger partial charge in [-0.05, 0) is 60.2 Å². The van der Waals surface area contributed by atoms with Crippen molar-refractivity contribution in [1.82, 2.24) is 0 Å². The minimum Gasteiger partial charge on any atom is -0.462 e. The predicted octanol–water partition coefficient (Wildman–Crippen LogP) is 7.02. The van der Waals surface area contributed by atoms with Crippen LogP contribution in [-0.4, -0.2) is 18.5 Å². The lowest BCUT2D eigenvalue weighted by Gasteiger charge is -2.07. The van der Waals surface area contributed by atoms with Crippen molar-refractivity contribution in [3.05, 3.63) is 109 Å². The van der Waals surface area contributed by atoms with Crippen molar-refractivity contribution in [2.75, 3.05) is 6.61 Å². The van der Waals surface area contributed by atoms with E-state index in [4.69, 9.17) is 9.47 Å². The van der Waals surface area contributed by atoms with Crippen LogP contribution >= 0.6 is 0 Å². The van der Waals surface area contributed by atoms with Gasteiger partial charge in [-0.1, -0.05) is 86.0 Å². The van der Waals surface area contributed by atoms with Crippen LogP contribution in [0.15, 0.2) is 103 Å². The fourth-order valence-corrected chi connectivity index (χ4v) is 3.11. The number of hydrogen-bond donors (Lipinski definition) is 0. The second kappa shape index (κ2) is 11.6. The third-order valence-corrected chi connectivity index (χ3v) is 5.05. The van der Waals surface area contributed by atoms with Gasteiger partial charge in [0, 0.05) is 11.1 Å². The lowest BCUT2D eigenvalue weighted by Crippen LogP contribution is -2.07. The van der Waals surface area contributed by atoms with Crippen molar-refractivity contribution in [2.24, 2.45) is 0 Å².